The van der Waals surface area contributed by atoms with Crippen LogP contribution in [0, 0.1) is 0 Å². The van der Waals surface area contributed by atoms with Crippen LogP contribution in [-0.2, 0) is 4.74 Å². The van der Waals surface area contributed by atoms with Crippen LogP contribution in [0.3, 0.4) is 0 Å². The number of aromatic amines is 1. The van der Waals surface area contributed by atoms with Crippen molar-refractivity contribution in [3.63, 3.8) is 0 Å². The van der Waals surface area contributed by atoms with Crippen LogP contribution in [0.4, 0.5) is 17.2 Å². The molecule has 0 amide bonds. The van der Waals surface area contributed by atoms with Crippen LogP contribution in [-0.4, -0.2) is 43.2 Å². The molecule has 9 heteroatoms. The second kappa shape index (κ2) is 6.93. The minimum Gasteiger partial charge on any atom is -0.399 e. The lowest BCUT2D eigenvalue weighted by Gasteiger charge is -2.22. The van der Waals surface area contributed by atoms with Gasteiger partial charge in [-0.15, -0.1) is 0 Å². The normalized spacial score (nSPS) is 15.1. The maximum atomic E-state index is 5.91. The van der Waals surface area contributed by atoms with Gasteiger partial charge in [0.15, 0.2) is 11.6 Å². The van der Waals surface area contributed by atoms with Gasteiger partial charge in [-0.1, -0.05) is 12.1 Å². The predicted molar refractivity (Wildman–Crippen MR) is 106 cm³/mol. The van der Waals surface area contributed by atoms with E-state index < -0.39 is 0 Å². The number of H-pyrrole nitrogens is 1. The highest BCUT2D eigenvalue weighted by Gasteiger charge is 2.17. The van der Waals surface area contributed by atoms with E-state index in [4.69, 9.17) is 15.5 Å². The third-order valence-electron chi connectivity index (χ3n) is 4.87. The van der Waals surface area contributed by atoms with Crippen molar-refractivity contribution in [2.45, 2.75) is 18.9 Å². The van der Waals surface area contributed by atoms with Crippen molar-refractivity contribution < 1.29 is 4.74 Å². The number of nitrogens with one attached hydrogen (secondary N) is 2. The van der Waals surface area contributed by atoms with Crippen molar-refractivity contribution in [2.24, 2.45) is 0 Å². The van der Waals surface area contributed by atoms with Crippen molar-refractivity contribution in [1.82, 2.24) is 29.9 Å². The van der Waals surface area contributed by atoms with Crippen LogP contribution in [0.25, 0.3) is 22.4 Å². The van der Waals surface area contributed by atoms with Crippen LogP contribution >= 0.6 is 0 Å². The van der Waals surface area contributed by atoms with Gasteiger partial charge >= 0.3 is 0 Å². The molecule has 28 heavy (non-hydrogen) atoms. The molecule has 0 unspecified atom stereocenters. The molecular weight excluding hydrogens is 356 g/mol. The van der Waals surface area contributed by atoms with E-state index in [0.717, 1.165) is 48.3 Å². The molecule has 0 spiro atoms. The van der Waals surface area contributed by atoms with Gasteiger partial charge in [-0.3, -0.25) is 9.78 Å². The Kier molecular flexibility index (Phi) is 4.13. The Morgan fingerprint density at radius 3 is 2.93 bits per heavy atom. The Morgan fingerprint density at radius 1 is 1.18 bits per heavy atom. The van der Waals surface area contributed by atoms with E-state index in [1.807, 2.05) is 35.1 Å². The Labute approximate surface area is 160 Å². The number of nitrogens with two attached hydrogens (primary N) is 1. The first kappa shape index (κ1) is 16.7. The highest BCUT2D eigenvalue weighted by molar-refractivity contribution is 5.88. The highest BCUT2D eigenvalue weighted by atomic mass is 16.5. The minimum atomic E-state index is 0.365. The van der Waals surface area contributed by atoms with Crippen LogP contribution < -0.4 is 11.1 Å². The van der Waals surface area contributed by atoms with E-state index in [2.05, 4.69) is 25.6 Å². The number of anilines is 3. The van der Waals surface area contributed by atoms with Crippen molar-refractivity contribution in [1.29, 1.82) is 0 Å². The van der Waals surface area contributed by atoms with Gasteiger partial charge in [0.25, 0.3) is 0 Å². The number of ether oxygens (including phenoxy) is 1. The number of hydrogen-bond acceptors (Lipinski definition) is 7. The number of fused-ring (bicyclic) bond motifs is 1. The number of rotatable bonds is 4. The number of benzene rings is 1. The average molecular weight is 376 g/mol. The molecule has 1 aliphatic rings. The molecule has 5 rings (SSSR count). The average Bonchev–Trinajstić information content (AvgIpc) is 3.38. The van der Waals surface area contributed by atoms with Crippen LogP contribution in [0.15, 0.2) is 42.9 Å². The van der Waals surface area contributed by atoms with Gasteiger partial charge in [-0.25, -0.2) is 9.97 Å². The Balaban J connectivity index is 1.48. The molecule has 0 aliphatic carbocycles. The quantitative estimate of drug-likeness (QED) is 0.468. The van der Waals surface area contributed by atoms with Crippen molar-refractivity contribution in [2.75, 3.05) is 24.3 Å². The fourth-order valence-corrected chi connectivity index (χ4v) is 3.43. The zero-order valence-electron chi connectivity index (χ0n) is 15.2. The third-order valence-corrected chi connectivity index (χ3v) is 4.87. The Hall–Kier alpha value is -3.46. The topological polar surface area (TPSA) is 120 Å². The maximum absolute atomic E-state index is 5.91. The van der Waals surface area contributed by atoms with Gasteiger partial charge in [0.05, 0.1) is 24.1 Å². The molecule has 4 N–H and O–H groups in total. The molecular formula is C19H20N8O. The summed E-state index contributed by atoms with van der Waals surface area (Å²) < 4.78 is 7.43. The summed E-state index contributed by atoms with van der Waals surface area (Å²) in [7, 11) is 0. The zero-order valence-corrected chi connectivity index (χ0v) is 15.2. The molecule has 142 valence electrons. The van der Waals surface area contributed by atoms with E-state index in [1.54, 1.807) is 12.4 Å². The highest BCUT2D eigenvalue weighted by Crippen LogP contribution is 2.27. The standard InChI is InChI=1S/C19H20N8O/c20-13-3-1-2-12(8-13)18-24-16-10-21-26-17(16)19(25-18)23-14-9-22-27(11-14)15-4-6-28-7-5-15/h1-3,8-11,15H,4-7,20H2,(H,21,26)(H,23,24,25). The first-order valence-electron chi connectivity index (χ1n) is 9.22. The second-order valence-corrected chi connectivity index (χ2v) is 6.83. The molecule has 3 aromatic heterocycles. The third kappa shape index (κ3) is 3.16. The minimum absolute atomic E-state index is 0.365. The SMILES string of the molecule is Nc1cccc(-c2nc(Nc3cnn(C4CCOCC4)c3)c3[nH]ncc3n2)c1. The van der Waals surface area contributed by atoms with E-state index in [9.17, 15) is 0 Å². The molecule has 1 saturated heterocycles. The molecule has 0 bridgehead atoms. The maximum Gasteiger partial charge on any atom is 0.162 e. The first-order valence-corrected chi connectivity index (χ1v) is 9.22. The number of nitrogen functional groups attached to an aromatic ring is 1. The molecule has 1 aromatic carbocycles. The zero-order chi connectivity index (χ0) is 18.9. The first-order chi connectivity index (χ1) is 13.8. The molecule has 0 radical (unpaired) electrons. The Bertz CT molecular complexity index is 1110. The van der Waals surface area contributed by atoms with E-state index in [-0.39, 0.29) is 0 Å². The lowest BCUT2D eigenvalue weighted by Crippen LogP contribution is -2.19. The lowest BCUT2D eigenvalue weighted by atomic mass is 10.1. The van der Waals surface area contributed by atoms with Gasteiger partial charge in [0, 0.05) is 30.7 Å². The lowest BCUT2D eigenvalue weighted by molar-refractivity contribution is 0.0662. The van der Waals surface area contributed by atoms with Gasteiger partial charge in [0.1, 0.15) is 11.0 Å². The summed E-state index contributed by atoms with van der Waals surface area (Å²) in [5, 5.41) is 14.9. The fraction of sp³-hybridized carbons (Fsp3) is 0.263. The molecule has 0 atom stereocenters. The summed E-state index contributed by atoms with van der Waals surface area (Å²) >= 11 is 0. The van der Waals surface area contributed by atoms with E-state index in [1.165, 1.54) is 0 Å². The summed E-state index contributed by atoms with van der Waals surface area (Å²) in [6.07, 6.45) is 7.43. The van der Waals surface area contributed by atoms with Crippen molar-refractivity contribution in [3.05, 3.63) is 42.9 Å². The van der Waals surface area contributed by atoms with E-state index >= 15 is 0 Å². The molecule has 0 saturated carbocycles. The molecule has 9 nitrogen and oxygen atoms in total. The fourth-order valence-electron chi connectivity index (χ4n) is 3.43. The van der Waals surface area contributed by atoms with Gasteiger partial charge in [-0.05, 0) is 25.0 Å². The molecule has 4 heterocycles. The number of hydrogen-bond donors (Lipinski definition) is 3. The Morgan fingerprint density at radius 2 is 2.07 bits per heavy atom. The monoisotopic (exact) mass is 376 g/mol. The summed E-state index contributed by atoms with van der Waals surface area (Å²) in [5.41, 5.74) is 9.76. The molecule has 1 fully saturated rings. The summed E-state index contributed by atoms with van der Waals surface area (Å²) in [5.74, 6) is 1.23. The summed E-state index contributed by atoms with van der Waals surface area (Å²) in [4.78, 5) is 9.29. The van der Waals surface area contributed by atoms with Crippen LogP contribution in [0.2, 0.25) is 0 Å². The van der Waals surface area contributed by atoms with Crippen LogP contribution in [0.5, 0.6) is 0 Å². The van der Waals surface area contributed by atoms with Gasteiger partial charge in [0.2, 0.25) is 0 Å². The van der Waals surface area contributed by atoms with E-state index in [0.29, 0.717) is 23.4 Å². The summed E-state index contributed by atoms with van der Waals surface area (Å²) in [6.45, 7) is 1.55. The predicted octanol–water partition coefficient (Wildman–Crippen LogP) is 2.89. The summed E-state index contributed by atoms with van der Waals surface area (Å²) in [6, 6.07) is 7.88. The number of aromatic nitrogens is 6. The second-order valence-electron chi connectivity index (χ2n) is 6.83. The molecule has 1 aliphatic heterocycles. The van der Waals surface area contributed by atoms with Crippen molar-refractivity contribution in [3.8, 4) is 11.4 Å². The largest absolute Gasteiger partial charge is 0.399 e. The number of nitrogens with zero attached hydrogens (tertiary/aromatic N) is 5. The molecule has 4 aromatic rings. The van der Waals surface area contributed by atoms with Crippen LogP contribution in [0.1, 0.15) is 18.9 Å². The van der Waals surface area contributed by atoms with Gasteiger partial charge < -0.3 is 15.8 Å². The van der Waals surface area contributed by atoms with Crippen molar-refractivity contribution >= 4 is 28.2 Å². The smallest absolute Gasteiger partial charge is 0.162 e. The van der Waals surface area contributed by atoms with Gasteiger partial charge in [-0.2, -0.15) is 10.2 Å².